The summed E-state index contributed by atoms with van der Waals surface area (Å²) in [5.74, 6) is 0. The summed E-state index contributed by atoms with van der Waals surface area (Å²) in [6, 6.07) is 27.9. The third-order valence-electron chi connectivity index (χ3n) is 11.8. The van der Waals surface area contributed by atoms with Crippen molar-refractivity contribution < 1.29 is 18.0 Å². The Morgan fingerprint density at radius 1 is 0.545 bits per heavy atom. The molecule has 0 saturated carbocycles. The van der Waals surface area contributed by atoms with Gasteiger partial charge in [0.25, 0.3) is 0 Å². The Morgan fingerprint density at radius 2 is 0.932 bits per heavy atom. The van der Waals surface area contributed by atoms with Crippen LogP contribution >= 0.6 is 0 Å². The Morgan fingerprint density at radius 3 is 1.34 bits per heavy atom. The molecule has 44 heavy (non-hydrogen) atoms. The van der Waals surface area contributed by atoms with E-state index in [9.17, 15) is 0 Å². The normalized spacial score (nSPS) is 17.2. The summed E-state index contributed by atoms with van der Waals surface area (Å²) >= 11 is -4.06. The third-order valence-corrected chi connectivity index (χ3v) is 39.0. The predicted octanol–water partition coefficient (Wildman–Crippen LogP) is 12.6. The van der Waals surface area contributed by atoms with Crippen LogP contribution < -0.4 is 0 Å². The number of hydrogen-bond acceptors (Lipinski definition) is 0. The first kappa shape index (κ1) is 31.1. The minimum atomic E-state index is -4.06. The monoisotopic (exact) mass is 746 g/mol. The van der Waals surface area contributed by atoms with Gasteiger partial charge in [-0.1, -0.05) is 0 Å². The summed E-state index contributed by atoms with van der Waals surface area (Å²) in [5.41, 5.74) is 17.1. The molecule has 0 bridgehead atoms. The molecule has 0 fully saturated rings. The summed E-state index contributed by atoms with van der Waals surface area (Å²) < 4.78 is 8.57. The summed E-state index contributed by atoms with van der Waals surface area (Å²) in [4.78, 5) is 0. The Hall–Kier alpha value is -2.90. The minimum absolute atomic E-state index is 0.491. The maximum atomic E-state index is 2.83. The molecule has 2 aliphatic rings. The van der Waals surface area contributed by atoms with Crippen molar-refractivity contribution in [2.24, 2.45) is 0 Å². The van der Waals surface area contributed by atoms with Crippen molar-refractivity contribution in [1.82, 2.24) is 0 Å². The van der Waals surface area contributed by atoms with Gasteiger partial charge in [0.1, 0.15) is 0 Å². The van der Waals surface area contributed by atoms with Crippen LogP contribution in [0.4, 0.5) is 0 Å². The molecule has 0 N–H and O–H groups in total. The van der Waals surface area contributed by atoms with Gasteiger partial charge in [0.05, 0.1) is 0 Å². The second kappa shape index (κ2) is 11.8. The molecule has 226 valence electrons. The number of allylic oxidation sites excluding steroid dienone is 2. The summed E-state index contributed by atoms with van der Waals surface area (Å²) in [7, 11) is 0. The van der Waals surface area contributed by atoms with Crippen molar-refractivity contribution in [3.63, 3.8) is 0 Å². The fourth-order valence-electron chi connectivity index (χ4n) is 8.93. The van der Waals surface area contributed by atoms with Crippen LogP contribution in [-0.4, -0.2) is 3.26 Å². The summed E-state index contributed by atoms with van der Waals surface area (Å²) in [6.07, 6.45) is 15.3. The van der Waals surface area contributed by atoms with E-state index in [-0.39, 0.29) is 0 Å². The van der Waals surface area contributed by atoms with Gasteiger partial charge in [0.2, 0.25) is 0 Å². The van der Waals surface area contributed by atoms with E-state index < -0.39 is 18.0 Å². The van der Waals surface area contributed by atoms with Gasteiger partial charge in [-0.05, 0) is 0 Å². The topological polar surface area (TPSA) is 0 Å². The fourth-order valence-corrected chi connectivity index (χ4v) is 34.6. The number of rotatable bonds is 8. The molecule has 4 aromatic carbocycles. The zero-order valence-electron chi connectivity index (χ0n) is 28.2. The third kappa shape index (κ3) is 4.77. The number of aryl methyl sites for hydroxylation is 2. The molecule has 0 amide bonds. The van der Waals surface area contributed by atoms with Gasteiger partial charge in [0.15, 0.2) is 0 Å². The van der Waals surface area contributed by atoms with Crippen LogP contribution in [-0.2, 0) is 18.0 Å². The molecule has 1 heteroatoms. The molecule has 0 heterocycles. The van der Waals surface area contributed by atoms with E-state index in [0.29, 0.717) is 7.35 Å². The standard InChI is InChI=1S/2C17H15.C7H14.2CH3.Hf/c2*1-12-6-3-9-15(13(12)2)17-11-5-8-14-7-4-10-16(14)17;1-3-5-7-6-4-2;;;/h2*3-11H,1-2H3;3-6H2,1-2H3;2*1H3;. The van der Waals surface area contributed by atoms with Crippen LogP contribution in [0.15, 0.2) is 84.9 Å². The van der Waals surface area contributed by atoms with E-state index in [0.717, 1.165) is 0 Å². The molecule has 2 atom stereocenters. The van der Waals surface area contributed by atoms with Crippen LogP contribution in [0, 0.1) is 27.7 Å². The molecule has 4 aromatic rings. The number of fused-ring (bicyclic) bond motifs is 2. The van der Waals surface area contributed by atoms with E-state index in [2.05, 4.69) is 148 Å². The van der Waals surface area contributed by atoms with Crippen molar-refractivity contribution in [2.45, 2.75) is 83.9 Å². The van der Waals surface area contributed by atoms with E-state index in [4.69, 9.17) is 0 Å². The first-order valence-electron chi connectivity index (χ1n) is 16.9. The van der Waals surface area contributed by atoms with E-state index in [1.807, 2.05) is 3.26 Å². The van der Waals surface area contributed by atoms with Crippen molar-refractivity contribution in [3.8, 4) is 22.3 Å². The molecule has 0 nitrogen and oxygen atoms in total. The molecule has 2 aliphatic carbocycles. The van der Waals surface area contributed by atoms with E-state index >= 15 is 0 Å². The summed E-state index contributed by atoms with van der Waals surface area (Å²) in [5, 5.41) is 0. The van der Waals surface area contributed by atoms with Gasteiger partial charge >= 0.3 is 269 Å². The van der Waals surface area contributed by atoms with Crippen LogP contribution in [0.5, 0.6) is 0 Å². The summed E-state index contributed by atoms with van der Waals surface area (Å²) in [6.45, 7) is 13.8. The maximum absolute atomic E-state index is 4.06. The zero-order valence-corrected chi connectivity index (χ0v) is 31.8. The van der Waals surface area contributed by atoms with Crippen molar-refractivity contribution >= 4 is 15.4 Å². The molecule has 0 radical (unpaired) electrons. The molecular formula is C43H50Hf. The number of hydrogen-bond donors (Lipinski definition) is 0. The van der Waals surface area contributed by atoms with Gasteiger partial charge < -0.3 is 0 Å². The average Bonchev–Trinajstić information content (AvgIpc) is 3.66. The van der Waals surface area contributed by atoms with Crippen molar-refractivity contribution in [3.05, 3.63) is 129 Å². The first-order valence-corrected chi connectivity index (χ1v) is 30.0. The van der Waals surface area contributed by atoms with Crippen LogP contribution in [0.3, 0.4) is 0 Å². The molecule has 0 aromatic heterocycles. The van der Waals surface area contributed by atoms with Gasteiger partial charge in [-0.25, -0.2) is 0 Å². The fraction of sp³-hybridized carbons (Fsp3) is 0.326. The molecule has 0 saturated heterocycles. The van der Waals surface area contributed by atoms with Crippen molar-refractivity contribution in [1.29, 1.82) is 0 Å². The van der Waals surface area contributed by atoms with E-state index in [1.165, 1.54) is 81.3 Å². The Bertz CT molecular complexity index is 1760. The number of benzene rings is 4. The molecular weight excluding hydrogens is 695 g/mol. The molecule has 6 rings (SSSR count). The van der Waals surface area contributed by atoms with Gasteiger partial charge in [-0.2, -0.15) is 0 Å². The SMILES string of the molecule is CCC[C](CCC)=[Hf]([CH3])([CH3])([CH]1C=Cc2c(-c3cccc(C)c3C)cccc21)[CH]1C=Cc2c(-c3cccc(C)c3C)cccc21. The van der Waals surface area contributed by atoms with Gasteiger partial charge in [0, 0.05) is 0 Å². The predicted molar refractivity (Wildman–Crippen MR) is 193 cm³/mol. The zero-order chi connectivity index (χ0) is 31.2. The van der Waals surface area contributed by atoms with Gasteiger partial charge in [-0.3, -0.25) is 0 Å². The Balaban J connectivity index is 1.59. The molecule has 0 aliphatic heterocycles. The second-order valence-electron chi connectivity index (χ2n) is 14.5. The van der Waals surface area contributed by atoms with Crippen LogP contribution in [0.1, 0.15) is 91.4 Å². The average molecular weight is 745 g/mol. The van der Waals surface area contributed by atoms with Crippen LogP contribution in [0.2, 0.25) is 9.36 Å². The van der Waals surface area contributed by atoms with Crippen molar-refractivity contribution in [2.75, 3.05) is 0 Å². The van der Waals surface area contributed by atoms with Crippen LogP contribution in [0.25, 0.3) is 34.4 Å². The molecule has 2 unspecified atom stereocenters. The second-order valence-corrected chi connectivity index (χ2v) is 40.3. The Labute approximate surface area is 267 Å². The molecule has 0 spiro atoms. The van der Waals surface area contributed by atoms with Gasteiger partial charge in [-0.15, -0.1) is 0 Å². The van der Waals surface area contributed by atoms with E-state index in [1.54, 1.807) is 11.1 Å². The first-order chi connectivity index (χ1) is 21.1. The quantitative estimate of drug-likeness (QED) is 0.158. The Kier molecular flexibility index (Phi) is 8.34.